The molecule has 2 aliphatic rings. The molecule has 2 nitrogen and oxygen atoms in total. The molecule has 25 heavy (non-hydrogen) atoms. The molecule has 124 valence electrons. The summed E-state index contributed by atoms with van der Waals surface area (Å²) in [4.78, 5) is 0. The molecule has 0 amide bonds. The van der Waals surface area contributed by atoms with Crippen molar-refractivity contribution in [3.63, 3.8) is 0 Å². The number of aryl methyl sites for hydroxylation is 1. The van der Waals surface area contributed by atoms with Gasteiger partial charge in [-0.05, 0) is 30.2 Å². The molecule has 0 saturated carbocycles. The van der Waals surface area contributed by atoms with Crippen LogP contribution in [0.3, 0.4) is 0 Å². The highest BCUT2D eigenvalue weighted by Crippen LogP contribution is 2.51. The van der Waals surface area contributed by atoms with Gasteiger partial charge in [-0.2, -0.15) is 0 Å². The van der Waals surface area contributed by atoms with Gasteiger partial charge in [0.05, 0.1) is 12.6 Å². The number of fused-ring (bicyclic) bond motifs is 4. The second-order valence-corrected chi connectivity index (χ2v) is 7.11. The molecule has 0 radical (unpaired) electrons. The molecule has 2 heteroatoms. The Morgan fingerprint density at radius 3 is 2.56 bits per heavy atom. The highest BCUT2D eigenvalue weighted by atomic mass is 16.5. The molecular weight excluding hydrogens is 306 g/mol. The summed E-state index contributed by atoms with van der Waals surface area (Å²) >= 11 is 0. The molecule has 3 aromatic carbocycles. The summed E-state index contributed by atoms with van der Waals surface area (Å²) in [7, 11) is 0. The van der Waals surface area contributed by atoms with Crippen LogP contribution in [0, 0.1) is 12.8 Å². The number of hydrogen-bond donors (Lipinski definition) is 1. The number of para-hydroxylation sites is 1. The first-order valence-corrected chi connectivity index (χ1v) is 8.95. The summed E-state index contributed by atoms with van der Waals surface area (Å²) in [5.74, 6) is 1.74. The van der Waals surface area contributed by atoms with Gasteiger partial charge < -0.3 is 10.1 Å². The predicted octanol–water partition coefficient (Wildman–Crippen LogP) is 5.30. The Kier molecular flexibility index (Phi) is 3.30. The van der Waals surface area contributed by atoms with Crippen molar-refractivity contribution in [1.82, 2.24) is 0 Å². The molecule has 1 N–H and O–H groups in total. The molecule has 0 spiro atoms. The lowest BCUT2D eigenvalue weighted by Gasteiger charge is -2.44. The molecule has 5 rings (SSSR count). The van der Waals surface area contributed by atoms with E-state index in [1.165, 1.54) is 27.9 Å². The minimum Gasteiger partial charge on any atom is -0.493 e. The first kappa shape index (κ1) is 14.6. The van der Waals surface area contributed by atoms with Crippen molar-refractivity contribution in [1.29, 1.82) is 0 Å². The first-order valence-electron chi connectivity index (χ1n) is 8.95. The van der Waals surface area contributed by atoms with E-state index < -0.39 is 0 Å². The van der Waals surface area contributed by atoms with E-state index >= 15 is 0 Å². The van der Waals surface area contributed by atoms with Gasteiger partial charge in [-0.1, -0.05) is 66.2 Å². The maximum atomic E-state index is 6.17. The van der Waals surface area contributed by atoms with E-state index in [0.29, 0.717) is 11.8 Å². The molecule has 0 fully saturated rings. The molecule has 2 heterocycles. The zero-order chi connectivity index (χ0) is 16.8. The van der Waals surface area contributed by atoms with Crippen LogP contribution >= 0.6 is 0 Å². The van der Waals surface area contributed by atoms with E-state index in [2.05, 4.69) is 85.0 Å². The molecule has 0 aromatic heterocycles. The number of hydrogen-bond acceptors (Lipinski definition) is 2. The van der Waals surface area contributed by atoms with Crippen LogP contribution in [0.5, 0.6) is 5.75 Å². The van der Waals surface area contributed by atoms with Gasteiger partial charge in [0.2, 0.25) is 0 Å². The number of benzene rings is 3. The molecule has 0 bridgehead atoms. The molecule has 2 aliphatic heterocycles. The number of ether oxygens (including phenoxy) is 1. The Bertz CT molecular complexity index is 918. The lowest BCUT2D eigenvalue weighted by atomic mass is 9.71. The summed E-state index contributed by atoms with van der Waals surface area (Å²) < 4.78 is 6.17. The van der Waals surface area contributed by atoms with Crippen LogP contribution in [0.25, 0.3) is 0 Å². The van der Waals surface area contributed by atoms with Crippen molar-refractivity contribution in [3.8, 4) is 5.75 Å². The Morgan fingerprint density at radius 1 is 0.880 bits per heavy atom. The van der Waals surface area contributed by atoms with Crippen molar-refractivity contribution in [2.24, 2.45) is 5.92 Å². The summed E-state index contributed by atoms with van der Waals surface area (Å²) in [6, 6.07) is 26.4. The third kappa shape index (κ3) is 2.32. The van der Waals surface area contributed by atoms with Crippen LogP contribution in [-0.2, 0) is 0 Å². The summed E-state index contributed by atoms with van der Waals surface area (Å²) in [5, 5.41) is 3.80. The quantitative estimate of drug-likeness (QED) is 0.654. The van der Waals surface area contributed by atoms with E-state index in [9.17, 15) is 0 Å². The standard InChI is InChI=1S/C23H21NO/c1-15-11-12-21-18(13-15)23-19(14-25-21)22(16-7-3-2-4-8-16)17-9-5-6-10-20(17)24-23/h2-13,19,22-24H,14H2,1H3/t19-,22+,23+/m1/s1. The fraction of sp³-hybridized carbons (Fsp3) is 0.217. The van der Waals surface area contributed by atoms with Crippen LogP contribution < -0.4 is 10.1 Å². The third-order valence-corrected chi connectivity index (χ3v) is 5.55. The fourth-order valence-electron chi connectivity index (χ4n) is 4.41. The van der Waals surface area contributed by atoms with E-state index in [-0.39, 0.29) is 6.04 Å². The SMILES string of the molecule is Cc1ccc2c(c1)[C@@H]1Nc3ccccc3[C@H](c3ccccc3)[C@H]1CO2. The monoisotopic (exact) mass is 327 g/mol. The molecule has 0 saturated heterocycles. The zero-order valence-corrected chi connectivity index (χ0v) is 14.3. The van der Waals surface area contributed by atoms with Gasteiger partial charge in [0.1, 0.15) is 5.75 Å². The van der Waals surface area contributed by atoms with Crippen molar-refractivity contribution in [3.05, 3.63) is 95.1 Å². The van der Waals surface area contributed by atoms with Gasteiger partial charge in [0, 0.05) is 23.1 Å². The van der Waals surface area contributed by atoms with Crippen LogP contribution in [0.15, 0.2) is 72.8 Å². The average molecular weight is 327 g/mol. The minimum atomic E-state index is 0.281. The lowest BCUT2D eigenvalue weighted by molar-refractivity contribution is 0.183. The van der Waals surface area contributed by atoms with Gasteiger partial charge in [-0.3, -0.25) is 0 Å². The van der Waals surface area contributed by atoms with Crippen LogP contribution in [0.1, 0.15) is 34.2 Å². The summed E-state index contributed by atoms with van der Waals surface area (Å²) in [6.45, 7) is 2.89. The number of rotatable bonds is 1. The maximum Gasteiger partial charge on any atom is 0.124 e. The third-order valence-electron chi connectivity index (χ3n) is 5.55. The van der Waals surface area contributed by atoms with Crippen LogP contribution in [-0.4, -0.2) is 6.61 Å². The Balaban J connectivity index is 1.69. The largest absolute Gasteiger partial charge is 0.493 e. The smallest absolute Gasteiger partial charge is 0.124 e. The molecule has 0 aliphatic carbocycles. The normalized spacial score (nSPS) is 23.5. The van der Waals surface area contributed by atoms with E-state index in [1.54, 1.807) is 0 Å². The second kappa shape index (κ2) is 5.66. The lowest BCUT2D eigenvalue weighted by Crippen LogP contribution is -2.39. The Labute approximate surface area is 148 Å². The van der Waals surface area contributed by atoms with Crippen molar-refractivity contribution >= 4 is 5.69 Å². The zero-order valence-electron chi connectivity index (χ0n) is 14.3. The number of anilines is 1. The Hall–Kier alpha value is -2.74. The van der Waals surface area contributed by atoms with Crippen molar-refractivity contribution in [2.45, 2.75) is 18.9 Å². The van der Waals surface area contributed by atoms with Gasteiger partial charge in [-0.15, -0.1) is 0 Å². The van der Waals surface area contributed by atoms with Crippen LogP contribution in [0.4, 0.5) is 5.69 Å². The predicted molar refractivity (Wildman–Crippen MR) is 101 cm³/mol. The van der Waals surface area contributed by atoms with Crippen molar-refractivity contribution < 1.29 is 4.74 Å². The van der Waals surface area contributed by atoms with Gasteiger partial charge in [0.25, 0.3) is 0 Å². The van der Waals surface area contributed by atoms with E-state index in [0.717, 1.165) is 12.4 Å². The molecule has 0 unspecified atom stereocenters. The highest BCUT2D eigenvalue weighted by molar-refractivity contribution is 5.61. The van der Waals surface area contributed by atoms with Gasteiger partial charge in [-0.25, -0.2) is 0 Å². The Morgan fingerprint density at radius 2 is 1.68 bits per heavy atom. The van der Waals surface area contributed by atoms with E-state index in [4.69, 9.17) is 4.74 Å². The van der Waals surface area contributed by atoms with E-state index in [1.807, 2.05) is 0 Å². The first-order chi connectivity index (χ1) is 12.3. The molecule has 3 aromatic rings. The van der Waals surface area contributed by atoms with Gasteiger partial charge >= 0.3 is 0 Å². The maximum absolute atomic E-state index is 6.17. The molecular formula is C23H21NO. The van der Waals surface area contributed by atoms with Crippen LogP contribution in [0.2, 0.25) is 0 Å². The summed E-state index contributed by atoms with van der Waals surface area (Å²) in [5.41, 5.74) is 6.54. The fourth-order valence-corrected chi connectivity index (χ4v) is 4.41. The van der Waals surface area contributed by atoms with Crippen molar-refractivity contribution in [2.75, 3.05) is 11.9 Å². The second-order valence-electron chi connectivity index (χ2n) is 7.11. The highest BCUT2D eigenvalue weighted by Gasteiger charge is 2.42. The van der Waals surface area contributed by atoms with Gasteiger partial charge in [0.15, 0.2) is 0 Å². The number of nitrogens with one attached hydrogen (secondary N) is 1. The topological polar surface area (TPSA) is 21.3 Å². The summed E-state index contributed by atoms with van der Waals surface area (Å²) in [6.07, 6.45) is 0. The average Bonchev–Trinajstić information content (AvgIpc) is 2.67. The minimum absolute atomic E-state index is 0.281. The molecule has 3 atom stereocenters.